The van der Waals surface area contributed by atoms with E-state index in [0.717, 1.165) is 45.8 Å². The van der Waals surface area contributed by atoms with Crippen LogP contribution < -0.4 is 20.3 Å². The molecule has 1 aromatic carbocycles. The van der Waals surface area contributed by atoms with Crippen LogP contribution in [0.3, 0.4) is 0 Å². The highest BCUT2D eigenvalue weighted by molar-refractivity contribution is 5.89. The number of aliphatic hydroxyl groups excluding tert-OH is 2. The van der Waals surface area contributed by atoms with E-state index in [1.165, 1.54) is 6.07 Å². The highest BCUT2D eigenvalue weighted by Crippen LogP contribution is 2.31. The molecular formula is C21H31N3O6. The second-order valence-corrected chi connectivity index (χ2v) is 7.22. The molecule has 1 aromatic heterocycles. The van der Waals surface area contributed by atoms with E-state index in [0.29, 0.717) is 28.9 Å². The molecule has 2 heterocycles. The van der Waals surface area contributed by atoms with Crippen LogP contribution in [0.5, 0.6) is 11.5 Å². The maximum absolute atomic E-state index is 11.7. The molecule has 1 atom stereocenters. The van der Waals surface area contributed by atoms with Crippen LogP contribution in [0.25, 0.3) is 10.9 Å². The molecule has 1 fully saturated rings. The lowest BCUT2D eigenvalue weighted by molar-refractivity contribution is 0.0373. The average molecular weight is 421 g/mol. The zero-order valence-corrected chi connectivity index (χ0v) is 17.1. The van der Waals surface area contributed by atoms with E-state index in [9.17, 15) is 9.90 Å². The minimum atomic E-state index is -0.656. The van der Waals surface area contributed by atoms with Crippen molar-refractivity contribution >= 4 is 10.9 Å². The number of benzene rings is 1. The first-order chi connectivity index (χ1) is 14.7. The lowest BCUT2D eigenvalue weighted by Crippen LogP contribution is -2.38. The van der Waals surface area contributed by atoms with Gasteiger partial charge < -0.3 is 34.7 Å². The van der Waals surface area contributed by atoms with Crippen LogP contribution in [0.15, 0.2) is 29.1 Å². The number of morpholine rings is 1. The van der Waals surface area contributed by atoms with E-state index >= 15 is 0 Å². The Balaban J connectivity index is 1.46. The van der Waals surface area contributed by atoms with E-state index in [-0.39, 0.29) is 25.4 Å². The molecule has 0 amide bonds. The molecule has 166 valence electrons. The monoisotopic (exact) mass is 421 g/mol. The van der Waals surface area contributed by atoms with E-state index in [1.54, 1.807) is 18.2 Å². The highest BCUT2D eigenvalue weighted by atomic mass is 16.5. The molecule has 0 bridgehead atoms. The fourth-order valence-corrected chi connectivity index (χ4v) is 3.37. The van der Waals surface area contributed by atoms with E-state index < -0.39 is 6.10 Å². The largest absolute Gasteiger partial charge is 0.490 e. The standard InChI is InChI=1S/C21H31N3O6/c25-10-13-29-19-4-3-18(17-2-5-20(27)23-21(17)19)30-15-16(26)14-22-6-1-7-24-8-11-28-12-9-24/h2-5,16,22,25-26H,1,6-15H2,(H,23,27). The summed E-state index contributed by atoms with van der Waals surface area (Å²) in [5.74, 6) is 1.01. The molecule has 1 aliphatic rings. The molecule has 3 rings (SSSR count). The van der Waals surface area contributed by atoms with Crippen LogP contribution in [-0.2, 0) is 4.74 Å². The highest BCUT2D eigenvalue weighted by Gasteiger charge is 2.12. The summed E-state index contributed by atoms with van der Waals surface area (Å²) < 4.78 is 16.6. The lowest BCUT2D eigenvalue weighted by atomic mass is 10.2. The number of aromatic nitrogens is 1. The normalized spacial score (nSPS) is 15.9. The third kappa shape index (κ3) is 6.68. The number of hydrogen-bond acceptors (Lipinski definition) is 8. The third-order valence-corrected chi connectivity index (χ3v) is 4.91. The summed E-state index contributed by atoms with van der Waals surface area (Å²) in [5.41, 5.74) is 0.249. The zero-order chi connectivity index (χ0) is 21.2. The van der Waals surface area contributed by atoms with E-state index in [1.807, 2.05) is 0 Å². The number of aliphatic hydroxyl groups is 2. The molecule has 9 heteroatoms. The smallest absolute Gasteiger partial charge is 0.248 e. The molecule has 0 saturated carbocycles. The molecule has 9 nitrogen and oxygen atoms in total. The molecule has 1 saturated heterocycles. The van der Waals surface area contributed by atoms with Gasteiger partial charge in [-0.2, -0.15) is 0 Å². The second kappa shape index (κ2) is 11.9. The topological polar surface area (TPSA) is 116 Å². The minimum Gasteiger partial charge on any atom is -0.490 e. The Hall–Kier alpha value is -2.17. The van der Waals surface area contributed by atoms with Gasteiger partial charge in [-0.1, -0.05) is 0 Å². The van der Waals surface area contributed by atoms with Gasteiger partial charge in [0.15, 0.2) is 0 Å². The van der Waals surface area contributed by atoms with Crippen molar-refractivity contribution in [3.05, 3.63) is 34.6 Å². The Morgan fingerprint density at radius 2 is 1.97 bits per heavy atom. The van der Waals surface area contributed by atoms with Crippen LogP contribution in [0.2, 0.25) is 0 Å². The van der Waals surface area contributed by atoms with Crippen molar-refractivity contribution in [1.29, 1.82) is 0 Å². The summed E-state index contributed by atoms with van der Waals surface area (Å²) >= 11 is 0. The number of nitrogens with one attached hydrogen (secondary N) is 2. The summed E-state index contributed by atoms with van der Waals surface area (Å²) in [5, 5.41) is 23.1. The Bertz CT molecular complexity index is 837. The maximum atomic E-state index is 11.7. The quantitative estimate of drug-likeness (QED) is 0.353. The minimum absolute atomic E-state index is 0.123. The van der Waals surface area contributed by atoms with Crippen LogP contribution in [0, 0.1) is 0 Å². The van der Waals surface area contributed by atoms with Crippen molar-refractivity contribution in [3.8, 4) is 11.5 Å². The lowest BCUT2D eigenvalue weighted by Gasteiger charge is -2.26. The van der Waals surface area contributed by atoms with Gasteiger partial charge in [0.05, 0.1) is 25.3 Å². The van der Waals surface area contributed by atoms with Crippen LogP contribution in [0.1, 0.15) is 6.42 Å². The van der Waals surface area contributed by atoms with Gasteiger partial charge in [0.2, 0.25) is 5.56 Å². The Morgan fingerprint density at radius 3 is 2.77 bits per heavy atom. The number of ether oxygens (including phenoxy) is 3. The number of fused-ring (bicyclic) bond motifs is 1. The third-order valence-electron chi connectivity index (χ3n) is 4.91. The van der Waals surface area contributed by atoms with Crippen molar-refractivity contribution in [2.45, 2.75) is 12.5 Å². The molecule has 2 aromatic rings. The molecule has 1 unspecified atom stereocenters. The Kier molecular flexibility index (Phi) is 8.91. The maximum Gasteiger partial charge on any atom is 0.248 e. The zero-order valence-electron chi connectivity index (χ0n) is 17.1. The molecule has 30 heavy (non-hydrogen) atoms. The van der Waals surface area contributed by atoms with Gasteiger partial charge in [-0.3, -0.25) is 9.69 Å². The van der Waals surface area contributed by atoms with Crippen molar-refractivity contribution in [2.75, 3.05) is 65.8 Å². The Morgan fingerprint density at radius 1 is 1.17 bits per heavy atom. The van der Waals surface area contributed by atoms with Gasteiger partial charge in [0.1, 0.15) is 30.8 Å². The molecule has 4 N–H and O–H groups in total. The first-order valence-electron chi connectivity index (χ1n) is 10.4. The van der Waals surface area contributed by atoms with Gasteiger partial charge in [0.25, 0.3) is 0 Å². The molecular weight excluding hydrogens is 390 g/mol. The first kappa shape index (κ1) is 22.5. The number of hydrogen-bond donors (Lipinski definition) is 4. The predicted octanol–water partition coefficient (Wildman–Crippen LogP) is -0.0492. The number of rotatable bonds is 12. The Labute approximate surface area is 175 Å². The van der Waals surface area contributed by atoms with Gasteiger partial charge in [0, 0.05) is 31.1 Å². The number of nitrogens with zero attached hydrogens (tertiary/aromatic N) is 1. The number of pyridine rings is 1. The molecule has 1 aliphatic heterocycles. The van der Waals surface area contributed by atoms with E-state index in [4.69, 9.17) is 19.3 Å². The van der Waals surface area contributed by atoms with E-state index in [2.05, 4.69) is 15.2 Å². The summed E-state index contributed by atoms with van der Waals surface area (Å²) in [6.07, 6.45) is 0.359. The molecule has 0 radical (unpaired) electrons. The summed E-state index contributed by atoms with van der Waals surface area (Å²) in [4.78, 5) is 16.8. The first-order valence-corrected chi connectivity index (χ1v) is 10.4. The summed E-state index contributed by atoms with van der Waals surface area (Å²) in [6.45, 7) is 6.01. The van der Waals surface area contributed by atoms with Crippen molar-refractivity contribution in [1.82, 2.24) is 15.2 Å². The SMILES string of the molecule is O=c1ccc2c(OCC(O)CNCCCN3CCOCC3)ccc(OCCO)c2[nH]1. The fourth-order valence-electron chi connectivity index (χ4n) is 3.37. The van der Waals surface area contributed by atoms with Gasteiger partial charge in [-0.25, -0.2) is 0 Å². The molecule has 0 spiro atoms. The predicted molar refractivity (Wildman–Crippen MR) is 113 cm³/mol. The second-order valence-electron chi connectivity index (χ2n) is 7.22. The van der Waals surface area contributed by atoms with Crippen LogP contribution in [0.4, 0.5) is 0 Å². The number of H-pyrrole nitrogens is 1. The molecule has 0 aliphatic carbocycles. The van der Waals surface area contributed by atoms with Gasteiger partial charge >= 0.3 is 0 Å². The van der Waals surface area contributed by atoms with Crippen molar-refractivity contribution < 1.29 is 24.4 Å². The van der Waals surface area contributed by atoms with Gasteiger partial charge in [-0.15, -0.1) is 0 Å². The summed E-state index contributed by atoms with van der Waals surface area (Å²) in [6, 6.07) is 6.48. The summed E-state index contributed by atoms with van der Waals surface area (Å²) in [7, 11) is 0. The van der Waals surface area contributed by atoms with Crippen LogP contribution in [-0.4, -0.2) is 92.0 Å². The van der Waals surface area contributed by atoms with Crippen molar-refractivity contribution in [3.63, 3.8) is 0 Å². The number of aromatic amines is 1. The van der Waals surface area contributed by atoms with Crippen molar-refractivity contribution in [2.24, 2.45) is 0 Å². The van der Waals surface area contributed by atoms with Gasteiger partial charge in [-0.05, 0) is 37.7 Å². The average Bonchev–Trinajstić information content (AvgIpc) is 2.77. The van der Waals surface area contributed by atoms with Crippen LogP contribution >= 0.6 is 0 Å². The fraction of sp³-hybridized carbons (Fsp3) is 0.571.